The van der Waals surface area contributed by atoms with Crippen LogP contribution < -0.4 is 5.32 Å². The molecule has 0 aromatic rings. The van der Waals surface area contributed by atoms with Gasteiger partial charge in [-0.1, -0.05) is 19.8 Å². The van der Waals surface area contributed by atoms with Crippen LogP contribution in [0.5, 0.6) is 0 Å². The smallest absolute Gasteiger partial charge is 0.0590 e. The van der Waals surface area contributed by atoms with E-state index in [0.717, 1.165) is 19.1 Å². The molecule has 88 valence electrons. The van der Waals surface area contributed by atoms with Crippen LogP contribution in [0.25, 0.3) is 0 Å². The van der Waals surface area contributed by atoms with Gasteiger partial charge in [0.15, 0.2) is 0 Å². The number of hydrogen-bond donors (Lipinski definition) is 1. The van der Waals surface area contributed by atoms with Crippen LogP contribution in [0.3, 0.4) is 0 Å². The molecule has 0 aromatic carbocycles. The number of ether oxygens (including phenoxy) is 1. The minimum absolute atomic E-state index is 0.549. The maximum absolute atomic E-state index is 5.71. The molecule has 1 aliphatic heterocycles. The average Bonchev–Trinajstić information content (AvgIpc) is 2.93. The van der Waals surface area contributed by atoms with Gasteiger partial charge in [-0.3, -0.25) is 0 Å². The molecule has 2 fully saturated rings. The van der Waals surface area contributed by atoms with Gasteiger partial charge >= 0.3 is 0 Å². The first-order valence-corrected chi connectivity index (χ1v) is 6.73. The molecule has 1 aliphatic carbocycles. The summed E-state index contributed by atoms with van der Waals surface area (Å²) in [5.74, 6) is 1.07. The maximum Gasteiger partial charge on any atom is 0.0590 e. The first kappa shape index (κ1) is 11.4. The molecule has 0 aromatic heterocycles. The summed E-state index contributed by atoms with van der Waals surface area (Å²) >= 11 is 0. The van der Waals surface area contributed by atoms with E-state index in [1.807, 2.05) is 0 Å². The molecule has 2 atom stereocenters. The summed E-state index contributed by atoms with van der Waals surface area (Å²) in [6.07, 6.45) is 10.1. The van der Waals surface area contributed by atoms with Crippen molar-refractivity contribution < 1.29 is 4.74 Å². The molecule has 0 spiro atoms. The minimum atomic E-state index is 0.549. The molecule has 0 bridgehead atoms. The van der Waals surface area contributed by atoms with Gasteiger partial charge in [-0.15, -0.1) is 0 Å². The molecule has 2 nitrogen and oxygen atoms in total. The Hall–Kier alpha value is -0.0800. The molecule has 1 saturated carbocycles. The number of nitrogens with one attached hydrogen (secondary N) is 1. The summed E-state index contributed by atoms with van der Waals surface area (Å²) in [7, 11) is 0. The fraction of sp³-hybridized carbons (Fsp3) is 1.00. The van der Waals surface area contributed by atoms with Crippen LogP contribution in [0.2, 0.25) is 0 Å². The van der Waals surface area contributed by atoms with E-state index in [0.29, 0.717) is 12.1 Å². The third-order valence-electron chi connectivity index (χ3n) is 3.68. The topological polar surface area (TPSA) is 21.3 Å². The van der Waals surface area contributed by atoms with Crippen molar-refractivity contribution >= 4 is 0 Å². The Balaban J connectivity index is 1.65. The second kappa shape index (κ2) is 5.86. The summed E-state index contributed by atoms with van der Waals surface area (Å²) in [5.41, 5.74) is 0. The quantitative estimate of drug-likeness (QED) is 0.699. The fourth-order valence-corrected chi connectivity index (χ4v) is 2.58. The van der Waals surface area contributed by atoms with Gasteiger partial charge in [-0.2, -0.15) is 0 Å². The lowest BCUT2D eigenvalue weighted by molar-refractivity contribution is 0.0934. The number of hydrogen-bond acceptors (Lipinski definition) is 2. The van der Waals surface area contributed by atoms with Crippen molar-refractivity contribution in [3.05, 3.63) is 0 Å². The van der Waals surface area contributed by atoms with Crippen molar-refractivity contribution in [3.63, 3.8) is 0 Å². The van der Waals surface area contributed by atoms with Gasteiger partial charge in [-0.25, -0.2) is 0 Å². The van der Waals surface area contributed by atoms with Gasteiger partial charge in [0.25, 0.3) is 0 Å². The van der Waals surface area contributed by atoms with E-state index >= 15 is 0 Å². The number of rotatable bonds is 7. The van der Waals surface area contributed by atoms with E-state index < -0.39 is 0 Å². The van der Waals surface area contributed by atoms with E-state index in [4.69, 9.17) is 4.74 Å². The molecular formula is C13H25NO. The van der Waals surface area contributed by atoms with Crippen molar-refractivity contribution in [2.45, 2.75) is 64.0 Å². The predicted molar refractivity (Wildman–Crippen MR) is 63.0 cm³/mol. The summed E-state index contributed by atoms with van der Waals surface area (Å²) in [6, 6.07) is 0.707. The molecule has 2 unspecified atom stereocenters. The highest BCUT2D eigenvalue weighted by molar-refractivity contribution is 4.79. The standard InChI is InChI=1S/C13H25NO/c1-2-14-12(8-7-11-5-6-11)10-13-4-3-9-15-13/h11-14H,2-10H2,1H3. The molecule has 0 radical (unpaired) electrons. The van der Waals surface area contributed by atoms with Crippen molar-refractivity contribution in [1.82, 2.24) is 5.32 Å². The summed E-state index contributed by atoms with van der Waals surface area (Å²) in [5, 5.41) is 3.61. The Morgan fingerprint density at radius 3 is 2.80 bits per heavy atom. The van der Waals surface area contributed by atoms with E-state index in [9.17, 15) is 0 Å². The lowest BCUT2D eigenvalue weighted by atomic mass is 10.0. The van der Waals surface area contributed by atoms with Crippen LogP contribution in [0, 0.1) is 5.92 Å². The SMILES string of the molecule is CCNC(CCC1CC1)CC1CCCO1. The molecule has 1 heterocycles. The van der Waals surface area contributed by atoms with Gasteiger partial charge < -0.3 is 10.1 Å². The van der Waals surface area contributed by atoms with Crippen LogP contribution in [0.4, 0.5) is 0 Å². The second-order valence-corrected chi connectivity index (χ2v) is 5.15. The summed E-state index contributed by atoms with van der Waals surface area (Å²) < 4.78 is 5.71. The van der Waals surface area contributed by atoms with E-state index in [-0.39, 0.29) is 0 Å². The normalized spacial score (nSPS) is 28.2. The van der Waals surface area contributed by atoms with Gasteiger partial charge in [-0.05, 0) is 44.6 Å². The van der Waals surface area contributed by atoms with Crippen LogP contribution >= 0.6 is 0 Å². The van der Waals surface area contributed by atoms with Crippen molar-refractivity contribution in [2.24, 2.45) is 5.92 Å². The predicted octanol–water partition coefficient (Wildman–Crippen LogP) is 2.72. The van der Waals surface area contributed by atoms with Crippen LogP contribution in [0.1, 0.15) is 51.9 Å². The Bertz CT molecular complexity index is 173. The Labute approximate surface area is 93.8 Å². The summed E-state index contributed by atoms with van der Waals surface area (Å²) in [4.78, 5) is 0. The summed E-state index contributed by atoms with van der Waals surface area (Å²) in [6.45, 7) is 4.30. The molecule has 1 N–H and O–H groups in total. The van der Waals surface area contributed by atoms with Gasteiger partial charge in [0.2, 0.25) is 0 Å². The highest BCUT2D eigenvalue weighted by atomic mass is 16.5. The highest BCUT2D eigenvalue weighted by Crippen LogP contribution is 2.34. The molecular weight excluding hydrogens is 186 g/mol. The van der Waals surface area contributed by atoms with E-state index in [1.54, 1.807) is 0 Å². The lowest BCUT2D eigenvalue weighted by Crippen LogP contribution is -2.32. The van der Waals surface area contributed by atoms with Gasteiger partial charge in [0, 0.05) is 12.6 Å². The Morgan fingerprint density at radius 2 is 2.20 bits per heavy atom. The van der Waals surface area contributed by atoms with E-state index in [2.05, 4.69) is 12.2 Å². The van der Waals surface area contributed by atoms with Crippen molar-refractivity contribution in [1.29, 1.82) is 0 Å². The molecule has 0 amide bonds. The zero-order valence-corrected chi connectivity index (χ0v) is 10.0. The first-order valence-electron chi connectivity index (χ1n) is 6.73. The van der Waals surface area contributed by atoms with Crippen molar-refractivity contribution in [3.8, 4) is 0 Å². The molecule has 2 aliphatic rings. The lowest BCUT2D eigenvalue weighted by Gasteiger charge is -2.21. The largest absolute Gasteiger partial charge is 0.378 e. The maximum atomic E-state index is 5.71. The van der Waals surface area contributed by atoms with Gasteiger partial charge in [0.05, 0.1) is 6.10 Å². The minimum Gasteiger partial charge on any atom is -0.378 e. The van der Waals surface area contributed by atoms with E-state index in [1.165, 1.54) is 44.9 Å². The molecule has 2 rings (SSSR count). The van der Waals surface area contributed by atoms with Gasteiger partial charge in [0.1, 0.15) is 0 Å². The Morgan fingerprint density at radius 1 is 1.33 bits per heavy atom. The zero-order valence-electron chi connectivity index (χ0n) is 10.0. The van der Waals surface area contributed by atoms with Crippen LogP contribution in [0.15, 0.2) is 0 Å². The fourth-order valence-electron chi connectivity index (χ4n) is 2.58. The first-order chi connectivity index (χ1) is 7.38. The van der Waals surface area contributed by atoms with Crippen molar-refractivity contribution in [2.75, 3.05) is 13.2 Å². The average molecular weight is 211 g/mol. The monoisotopic (exact) mass is 211 g/mol. The molecule has 1 saturated heterocycles. The highest BCUT2D eigenvalue weighted by Gasteiger charge is 2.24. The zero-order chi connectivity index (χ0) is 10.5. The Kier molecular flexibility index (Phi) is 4.45. The van der Waals surface area contributed by atoms with Crippen LogP contribution in [-0.4, -0.2) is 25.3 Å². The third kappa shape index (κ3) is 4.12. The molecule has 15 heavy (non-hydrogen) atoms. The van der Waals surface area contributed by atoms with Crippen LogP contribution in [-0.2, 0) is 4.74 Å². The molecule has 2 heteroatoms. The third-order valence-corrected chi connectivity index (χ3v) is 3.68. The second-order valence-electron chi connectivity index (χ2n) is 5.15.